The lowest BCUT2D eigenvalue weighted by atomic mass is 10.2. The number of aromatic carboxylic acids is 1. The van der Waals surface area contributed by atoms with E-state index in [4.69, 9.17) is 5.11 Å². The molecule has 2 rings (SSSR count). The standard InChI is InChI=1S/C12H11F2N3O2S/c1-6-9(12(18)19)15-8(20-6)4-3-7-5-17(2)16-10(7)11(13)14/h3-5,11H,1-2H3,(H,18,19)/b4-3+. The summed E-state index contributed by atoms with van der Waals surface area (Å²) in [6.07, 6.45) is 1.77. The van der Waals surface area contributed by atoms with Gasteiger partial charge in [0.05, 0.1) is 0 Å². The van der Waals surface area contributed by atoms with E-state index in [9.17, 15) is 13.6 Å². The molecule has 0 bridgehead atoms. The second-order valence-corrected chi connectivity index (χ2v) is 5.27. The molecule has 0 aliphatic rings. The number of hydrogen-bond acceptors (Lipinski definition) is 4. The third-order valence-corrected chi connectivity index (χ3v) is 3.45. The van der Waals surface area contributed by atoms with Crippen molar-refractivity contribution in [3.8, 4) is 0 Å². The number of thiazole rings is 1. The molecule has 0 fully saturated rings. The van der Waals surface area contributed by atoms with E-state index in [1.54, 1.807) is 14.0 Å². The van der Waals surface area contributed by atoms with Crippen LogP contribution in [0.1, 0.15) is 38.1 Å². The molecule has 0 atom stereocenters. The van der Waals surface area contributed by atoms with Crippen molar-refractivity contribution < 1.29 is 18.7 Å². The van der Waals surface area contributed by atoms with Gasteiger partial charge in [-0.1, -0.05) is 0 Å². The number of halogens is 2. The highest BCUT2D eigenvalue weighted by Gasteiger charge is 2.16. The number of aromatic nitrogens is 3. The van der Waals surface area contributed by atoms with Crippen LogP contribution in [0, 0.1) is 6.92 Å². The maximum absolute atomic E-state index is 12.7. The molecule has 2 aromatic heterocycles. The Morgan fingerprint density at radius 1 is 1.50 bits per heavy atom. The van der Waals surface area contributed by atoms with E-state index in [0.717, 1.165) is 0 Å². The average molecular weight is 299 g/mol. The Bertz CT molecular complexity index is 676. The van der Waals surface area contributed by atoms with Gasteiger partial charge in [0.25, 0.3) is 6.43 Å². The topological polar surface area (TPSA) is 68.0 Å². The number of hydrogen-bond donors (Lipinski definition) is 1. The van der Waals surface area contributed by atoms with Crippen molar-refractivity contribution in [3.05, 3.63) is 33.0 Å². The molecular weight excluding hydrogens is 288 g/mol. The molecule has 106 valence electrons. The lowest BCUT2D eigenvalue weighted by Crippen LogP contribution is -1.98. The summed E-state index contributed by atoms with van der Waals surface area (Å²) in [6.45, 7) is 1.65. The van der Waals surface area contributed by atoms with Gasteiger partial charge < -0.3 is 5.11 Å². The molecule has 2 aromatic rings. The minimum absolute atomic E-state index is 0.0186. The summed E-state index contributed by atoms with van der Waals surface area (Å²) in [5.74, 6) is -1.10. The zero-order chi connectivity index (χ0) is 14.9. The van der Waals surface area contributed by atoms with Crippen LogP contribution in [0.5, 0.6) is 0 Å². The molecule has 0 saturated heterocycles. The first kappa shape index (κ1) is 14.3. The van der Waals surface area contributed by atoms with Crippen molar-refractivity contribution in [3.63, 3.8) is 0 Å². The lowest BCUT2D eigenvalue weighted by Gasteiger charge is -1.93. The van der Waals surface area contributed by atoms with Crippen molar-refractivity contribution in [2.45, 2.75) is 13.3 Å². The van der Waals surface area contributed by atoms with Crippen molar-refractivity contribution in [1.82, 2.24) is 14.8 Å². The molecule has 0 radical (unpaired) electrons. The van der Waals surface area contributed by atoms with Gasteiger partial charge in [0.15, 0.2) is 5.69 Å². The number of carboxylic acid groups (broad SMARTS) is 1. The molecule has 2 heterocycles. The summed E-state index contributed by atoms with van der Waals surface area (Å²) in [7, 11) is 1.55. The fourth-order valence-corrected chi connectivity index (χ4v) is 2.49. The van der Waals surface area contributed by atoms with Gasteiger partial charge in [-0.25, -0.2) is 18.6 Å². The Morgan fingerprint density at radius 3 is 2.75 bits per heavy atom. The van der Waals surface area contributed by atoms with Gasteiger partial charge in [-0.2, -0.15) is 5.10 Å². The fraction of sp³-hybridized carbons (Fsp3) is 0.250. The van der Waals surface area contributed by atoms with Crippen LogP contribution < -0.4 is 0 Å². The largest absolute Gasteiger partial charge is 0.476 e. The number of carboxylic acids is 1. The molecule has 20 heavy (non-hydrogen) atoms. The molecular formula is C12H11F2N3O2S. The minimum atomic E-state index is -2.66. The molecule has 0 unspecified atom stereocenters. The smallest absolute Gasteiger partial charge is 0.355 e. The minimum Gasteiger partial charge on any atom is -0.476 e. The third kappa shape index (κ3) is 2.90. The molecule has 0 aliphatic heterocycles. The Balaban J connectivity index is 2.30. The van der Waals surface area contributed by atoms with Crippen LogP contribution >= 0.6 is 11.3 Å². The number of nitrogens with zero attached hydrogens (tertiary/aromatic N) is 3. The molecule has 8 heteroatoms. The summed E-state index contributed by atoms with van der Waals surface area (Å²) in [4.78, 5) is 15.4. The van der Waals surface area contributed by atoms with Crippen LogP contribution in [-0.4, -0.2) is 25.8 Å². The van der Waals surface area contributed by atoms with E-state index in [-0.39, 0.29) is 17.0 Å². The van der Waals surface area contributed by atoms with Crippen molar-refractivity contribution >= 4 is 29.5 Å². The number of alkyl halides is 2. The van der Waals surface area contributed by atoms with Gasteiger partial charge in [0, 0.05) is 23.7 Å². The molecule has 1 N–H and O–H groups in total. The van der Waals surface area contributed by atoms with Crippen LogP contribution in [0.4, 0.5) is 8.78 Å². The zero-order valence-electron chi connectivity index (χ0n) is 10.7. The normalized spacial score (nSPS) is 11.7. The van der Waals surface area contributed by atoms with Crippen molar-refractivity contribution in [2.75, 3.05) is 0 Å². The highest BCUT2D eigenvalue weighted by molar-refractivity contribution is 7.12. The summed E-state index contributed by atoms with van der Waals surface area (Å²) in [5.41, 5.74) is -0.0439. The van der Waals surface area contributed by atoms with E-state index >= 15 is 0 Å². The van der Waals surface area contributed by atoms with E-state index in [2.05, 4.69) is 10.1 Å². The van der Waals surface area contributed by atoms with Gasteiger partial charge in [0.1, 0.15) is 10.7 Å². The van der Waals surface area contributed by atoms with Gasteiger partial charge in [0.2, 0.25) is 0 Å². The maximum atomic E-state index is 12.7. The van der Waals surface area contributed by atoms with Crippen LogP contribution in [-0.2, 0) is 7.05 Å². The number of rotatable bonds is 4. The second-order valence-electron chi connectivity index (χ2n) is 4.04. The maximum Gasteiger partial charge on any atom is 0.355 e. The molecule has 0 aromatic carbocycles. The monoisotopic (exact) mass is 299 g/mol. The molecule has 0 amide bonds. The summed E-state index contributed by atoms with van der Waals surface area (Å²) >= 11 is 1.19. The van der Waals surface area contributed by atoms with Crippen molar-refractivity contribution in [2.24, 2.45) is 7.05 Å². The van der Waals surface area contributed by atoms with Gasteiger partial charge in [-0.05, 0) is 19.1 Å². The average Bonchev–Trinajstić information content (AvgIpc) is 2.90. The quantitative estimate of drug-likeness (QED) is 0.942. The highest BCUT2D eigenvalue weighted by atomic mass is 32.1. The fourth-order valence-electron chi connectivity index (χ4n) is 1.67. The molecule has 5 nitrogen and oxygen atoms in total. The Kier molecular flexibility index (Phi) is 3.93. The lowest BCUT2D eigenvalue weighted by molar-refractivity contribution is 0.0690. The number of aryl methyl sites for hydroxylation is 2. The SMILES string of the molecule is Cc1sc(/C=C/c2cn(C)nc2C(F)F)nc1C(=O)O. The van der Waals surface area contributed by atoms with Gasteiger partial charge >= 0.3 is 5.97 Å². The van der Waals surface area contributed by atoms with Crippen LogP contribution in [0.2, 0.25) is 0 Å². The first-order valence-corrected chi connectivity index (χ1v) is 6.40. The number of carbonyl (C=O) groups is 1. The van der Waals surface area contributed by atoms with E-state index < -0.39 is 12.4 Å². The first-order valence-electron chi connectivity index (χ1n) is 5.59. The third-order valence-electron chi connectivity index (χ3n) is 2.52. The Labute approximate surface area is 117 Å². The van der Waals surface area contributed by atoms with E-state index in [1.807, 2.05) is 0 Å². The first-order chi connectivity index (χ1) is 9.38. The van der Waals surface area contributed by atoms with E-state index in [0.29, 0.717) is 9.88 Å². The summed E-state index contributed by atoms with van der Waals surface area (Å²) in [6, 6.07) is 0. The molecule has 0 saturated carbocycles. The van der Waals surface area contributed by atoms with Gasteiger partial charge in [-0.15, -0.1) is 11.3 Å². The second kappa shape index (κ2) is 5.49. The molecule has 0 aliphatic carbocycles. The van der Waals surface area contributed by atoms with Gasteiger partial charge in [-0.3, -0.25) is 4.68 Å². The Hall–Kier alpha value is -2.09. The van der Waals surface area contributed by atoms with Crippen LogP contribution in [0.25, 0.3) is 12.2 Å². The molecule has 0 spiro atoms. The van der Waals surface area contributed by atoms with Crippen LogP contribution in [0.15, 0.2) is 6.20 Å². The Morgan fingerprint density at radius 2 is 2.20 bits per heavy atom. The highest BCUT2D eigenvalue weighted by Crippen LogP contribution is 2.24. The van der Waals surface area contributed by atoms with Crippen molar-refractivity contribution in [1.29, 1.82) is 0 Å². The van der Waals surface area contributed by atoms with E-state index in [1.165, 1.54) is 34.4 Å². The summed E-state index contributed by atoms with van der Waals surface area (Å²) < 4.78 is 26.8. The predicted octanol–water partition coefficient (Wildman–Crippen LogP) is 2.99. The predicted molar refractivity (Wildman–Crippen MR) is 70.9 cm³/mol. The van der Waals surface area contributed by atoms with Crippen LogP contribution in [0.3, 0.4) is 0 Å². The zero-order valence-corrected chi connectivity index (χ0v) is 11.5. The summed E-state index contributed by atoms with van der Waals surface area (Å²) in [5, 5.41) is 13.0.